The highest BCUT2D eigenvalue weighted by molar-refractivity contribution is 9.14. The van der Waals surface area contributed by atoms with E-state index in [4.69, 9.17) is 0 Å². The summed E-state index contributed by atoms with van der Waals surface area (Å²) < 4.78 is 0.453. The lowest BCUT2D eigenvalue weighted by Crippen LogP contribution is -2.21. The van der Waals surface area contributed by atoms with Crippen LogP contribution >= 0.6 is 31.9 Å². The summed E-state index contributed by atoms with van der Waals surface area (Å²) in [4.78, 5) is 22.6. The van der Waals surface area contributed by atoms with Crippen LogP contribution in [0.15, 0.2) is 8.96 Å². The van der Waals surface area contributed by atoms with Crippen LogP contribution < -0.4 is 0 Å². The molecule has 0 saturated heterocycles. The van der Waals surface area contributed by atoms with Crippen LogP contribution in [-0.2, 0) is 9.59 Å². The number of amides is 1. The van der Waals surface area contributed by atoms with Crippen LogP contribution in [0.5, 0.6) is 0 Å². The zero-order chi connectivity index (χ0) is 9.02. The Balaban J connectivity index is 4.60. The molecule has 0 atom stereocenters. The van der Waals surface area contributed by atoms with Crippen molar-refractivity contribution < 1.29 is 9.59 Å². The topological polar surface area (TPSA) is 37.4 Å². The predicted molar refractivity (Wildman–Crippen MR) is 49.6 cm³/mol. The Kier molecular flexibility index (Phi) is 4.60. The number of carbonyl (C=O) groups is 2. The minimum absolute atomic E-state index is 0.219. The van der Waals surface area contributed by atoms with Gasteiger partial charge in [-0.1, -0.05) is 0 Å². The molecule has 0 saturated carbocycles. The molecule has 0 heterocycles. The molecule has 0 unspecified atom stereocenters. The first-order valence-corrected chi connectivity index (χ1v) is 4.31. The summed E-state index contributed by atoms with van der Waals surface area (Å²) in [5.74, 6) is -0.246. The lowest BCUT2D eigenvalue weighted by molar-refractivity contribution is -0.124. The van der Waals surface area contributed by atoms with Crippen molar-refractivity contribution in [1.29, 1.82) is 0 Å². The molecule has 1 amide bonds. The summed E-state index contributed by atoms with van der Waals surface area (Å²) in [6.45, 7) is 0. The van der Waals surface area contributed by atoms with Gasteiger partial charge in [-0.25, -0.2) is 0 Å². The number of likely N-dealkylation sites (N-methyl/N-ethyl adjacent to an activating group) is 1. The molecule has 0 aliphatic carbocycles. The average molecular weight is 285 g/mol. The molecule has 0 fully saturated rings. The van der Waals surface area contributed by atoms with Gasteiger partial charge in [0.05, 0.1) is 8.96 Å². The molecule has 0 radical (unpaired) electrons. The normalized spacial score (nSPS) is 12.0. The maximum Gasteiger partial charge on any atom is 0.261 e. The first-order chi connectivity index (χ1) is 5.00. The van der Waals surface area contributed by atoms with Gasteiger partial charge in [-0.15, -0.1) is 0 Å². The van der Waals surface area contributed by atoms with Crippen LogP contribution in [0.2, 0.25) is 0 Å². The van der Waals surface area contributed by atoms with Gasteiger partial charge in [0.25, 0.3) is 5.91 Å². The van der Waals surface area contributed by atoms with Crippen LogP contribution in [0, 0.1) is 0 Å². The molecule has 3 nitrogen and oxygen atoms in total. The van der Waals surface area contributed by atoms with Crippen molar-refractivity contribution in [3.63, 3.8) is 0 Å². The fraction of sp³-hybridized carbons (Fsp3) is 0.333. The first-order valence-electron chi connectivity index (χ1n) is 2.72. The summed E-state index contributed by atoms with van der Waals surface area (Å²) >= 11 is 5.91. The Morgan fingerprint density at radius 1 is 1.36 bits per heavy atom. The van der Waals surface area contributed by atoms with Crippen LogP contribution in [0.4, 0.5) is 0 Å². The Morgan fingerprint density at radius 2 is 1.82 bits per heavy atom. The second-order valence-corrected chi connectivity index (χ2v) is 3.63. The SMILES string of the molecule is CN(C)C(=O)/C(Br)=C(/Br)C=O. The smallest absolute Gasteiger partial charge is 0.261 e. The third kappa shape index (κ3) is 3.16. The van der Waals surface area contributed by atoms with E-state index in [0.717, 1.165) is 0 Å². The Hall–Kier alpha value is -0.160. The van der Waals surface area contributed by atoms with Gasteiger partial charge in [0.15, 0.2) is 6.29 Å². The summed E-state index contributed by atoms with van der Waals surface area (Å²) in [6, 6.07) is 0. The molecule has 5 heteroatoms. The number of hydrogen-bond acceptors (Lipinski definition) is 2. The van der Waals surface area contributed by atoms with Gasteiger partial charge >= 0.3 is 0 Å². The highest BCUT2D eigenvalue weighted by Gasteiger charge is 2.11. The van der Waals surface area contributed by atoms with Gasteiger partial charge < -0.3 is 4.90 Å². The summed E-state index contributed by atoms with van der Waals surface area (Å²) in [5, 5.41) is 0. The number of nitrogens with zero attached hydrogens (tertiary/aromatic N) is 1. The van der Waals surface area contributed by atoms with Crippen LogP contribution in [0.3, 0.4) is 0 Å². The third-order valence-electron chi connectivity index (χ3n) is 0.907. The van der Waals surface area contributed by atoms with E-state index in [1.165, 1.54) is 4.90 Å². The molecule has 0 bridgehead atoms. The van der Waals surface area contributed by atoms with Crippen LogP contribution in [0.25, 0.3) is 0 Å². The third-order valence-corrected chi connectivity index (χ3v) is 2.79. The molecular weight excluding hydrogens is 278 g/mol. The maximum absolute atomic E-state index is 11.1. The minimum atomic E-state index is -0.246. The number of allylic oxidation sites excluding steroid dienone is 1. The van der Waals surface area contributed by atoms with Crippen molar-refractivity contribution in [2.24, 2.45) is 0 Å². The maximum atomic E-state index is 11.1. The summed E-state index contributed by atoms with van der Waals surface area (Å²) in [7, 11) is 3.21. The molecule has 0 aliphatic rings. The number of hydrogen-bond donors (Lipinski definition) is 0. The highest BCUT2D eigenvalue weighted by Crippen LogP contribution is 2.17. The van der Waals surface area contributed by atoms with Crippen molar-refractivity contribution >= 4 is 44.1 Å². The second-order valence-electron chi connectivity index (χ2n) is 1.98. The quantitative estimate of drug-likeness (QED) is 0.566. The van der Waals surface area contributed by atoms with E-state index in [2.05, 4.69) is 31.9 Å². The zero-order valence-corrected chi connectivity index (χ0v) is 9.27. The minimum Gasteiger partial charge on any atom is -0.344 e. The van der Waals surface area contributed by atoms with Gasteiger partial charge in [0, 0.05) is 14.1 Å². The molecular formula is C6H7Br2NO2. The van der Waals surface area contributed by atoms with Gasteiger partial charge in [-0.05, 0) is 31.9 Å². The molecule has 0 aromatic heterocycles. The fourth-order valence-electron chi connectivity index (χ4n) is 0.350. The molecule has 0 aromatic rings. The van der Waals surface area contributed by atoms with Gasteiger partial charge in [-0.2, -0.15) is 0 Å². The second kappa shape index (κ2) is 4.66. The Labute approximate surface area is 81.7 Å². The van der Waals surface area contributed by atoms with Crippen molar-refractivity contribution in [3.8, 4) is 0 Å². The highest BCUT2D eigenvalue weighted by atomic mass is 79.9. The zero-order valence-electron chi connectivity index (χ0n) is 6.10. The number of halogens is 2. The van der Waals surface area contributed by atoms with E-state index in [0.29, 0.717) is 6.29 Å². The van der Waals surface area contributed by atoms with Crippen molar-refractivity contribution in [3.05, 3.63) is 8.96 Å². The van der Waals surface area contributed by atoms with E-state index in [1.807, 2.05) is 0 Å². The molecule has 11 heavy (non-hydrogen) atoms. The van der Waals surface area contributed by atoms with Crippen LogP contribution in [-0.4, -0.2) is 31.2 Å². The molecule has 0 spiro atoms. The number of carbonyl (C=O) groups excluding carboxylic acids is 2. The molecule has 0 N–H and O–H groups in total. The van der Waals surface area contributed by atoms with Crippen molar-refractivity contribution in [1.82, 2.24) is 4.90 Å². The van der Waals surface area contributed by atoms with Crippen molar-refractivity contribution in [2.45, 2.75) is 0 Å². The van der Waals surface area contributed by atoms with E-state index in [9.17, 15) is 9.59 Å². The van der Waals surface area contributed by atoms with Gasteiger partial charge in [-0.3, -0.25) is 9.59 Å². The molecule has 62 valence electrons. The van der Waals surface area contributed by atoms with Gasteiger partial charge in [0.2, 0.25) is 0 Å². The van der Waals surface area contributed by atoms with E-state index >= 15 is 0 Å². The van der Waals surface area contributed by atoms with E-state index < -0.39 is 0 Å². The number of aldehydes is 1. The fourth-order valence-corrected chi connectivity index (χ4v) is 0.968. The summed E-state index contributed by atoms with van der Waals surface area (Å²) in [5.41, 5.74) is 0. The lowest BCUT2D eigenvalue weighted by Gasteiger charge is -2.08. The standard InChI is InChI=1S/C6H7Br2NO2/c1-9(2)6(11)5(8)4(7)3-10/h3H,1-2H3/b5-4-. The summed E-state index contributed by atoms with van der Waals surface area (Å²) in [6.07, 6.45) is 0.561. The molecule has 0 aromatic carbocycles. The monoisotopic (exact) mass is 283 g/mol. The average Bonchev–Trinajstić information content (AvgIpc) is 2.00. The predicted octanol–water partition coefficient (Wildman–Crippen LogP) is 1.27. The van der Waals surface area contributed by atoms with Crippen molar-refractivity contribution in [2.75, 3.05) is 14.1 Å². The lowest BCUT2D eigenvalue weighted by atomic mass is 10.5. The Morgan fingerprint density at radius 3 is 2.09 bits per heavy atom. The van der Waals surface area contributed by atoms with Crippen LogP contribution in [0.1, 0.15) is 0 Å². The number of rotatable bonds is 2. The largest absolute Gasteiger partial charge is 0.344 e. The Bertz CT molecular complexity index is 211. The van der Waals surface area contributed by atoms with E-state index in [1.54, 1.807) is 14.1 Å². The van der Waals surface area contributed by atoms with E-state index in [-0.39, 0.29) is 14.9 Å². The van der Waals surface area contributed by atoms with Gasteiger partial charge in [0.1, 0.15) is 0 Å². The molecule has 0 rings (SSSR count). The first kappa shape index (κ1) is 10.8. The molecule has 0 aliphatic heterocycles.